The fraction of sp³-hybridized carbons (Fsp3) is 0.333. The summed E-state index contributed by atoms with van der Waals surface area (Å²) in [5.41, 5.74) is 3.35. The van der Waals surface area contributed by atoms with Crippen molar-refractivity contribution in [2.75, 3.05) is 0 Å². The Bertz CT molecular complexity index is 662. The zero-order valence-electron chi connectivity index (χ0n) is 11.8. The Morgan fingerprint density at radius 2 is 2.05 bits per heavy atom. The molecule has 0 aliphatic heterocycles. The summed E-state index contributed by atoms with van der Waals surface area (Å²) >= 11 is 0. The van der Waals surface area contributed by atoms with Gasteiger partial charge in [0.15, 0.2) is 0 Å². The molecule has 1 N–H and O–H groups in total. The number of aryl methyl sites for hydroxylation is 2. The van der Waals surface area contributed by atoms with Gasteiger partial charge in [0.1, 0.15) is 0 Å². The number of nitrogens with one attached hydrogen (secondary N) is 1. The molecule has 0 aliphatic rings. The summed E-state index contributed by atoms with van der Waals surface area (Å²) in [5, 5.41) is 3.09. The second-order valence-electron chi connectivity index (χ2n) is 5.00. The number of nitrogens with zero attached hydrogens (tertiary/aromatic N) is 2. The predicted octanol–water partition coefficient (Wildman–Crippen LogP) is 2.61. The Balaban J connectivity index is 2.50. The van der Waals surface area contributed by atoms with Gasteiger partial charge in [-0.15, -0.1) is 0 Å². The molecule has 4 heteroatoms. The van der Waals surface area contributed by atoms with Crippen LogP contribution in [0.3, 0.4) is 0 Å². The van der Waals surface area contributed by atoms with Crippen molar-refractivity contribution >= 4 is 6.21 Å². The highest BCUT2D eigenvalue weighted by Gasteiger charge is 2.10. The average Bonchev–Trinajstić information content (AvgIpc) is 2.62. The molecule has 0 saturated carbocycles. The van der Waals surface area contributed by atoms with Crippen LogP contribution in [-0.2, 0) is 0 Å². The maximum absolute atomic E-state index is 12.4. The van der Waals surface area contributed by atoms with Gasteiger partial charge in [-0.2, -0.15) is 0 Å². The molecule has 0 amide bonds. The zero-order chi connectivity index (χ0) is 14.0. The highest BCUT2D eigenvalue weighted by atomic mass is 16.1. The van der Waals surface area contributed by atoms with Crippen molar-refractivity contribution < 1.29 is 0 Å². The number of hydrogen-bond acceptors (Lipinski definition) is 2. The minimum Gasteiger partial charge on any atom is -0.295 e. The van der Waals surface area contributed by atoms with E-state index in [9.17, 15) is 4.79 Å². The van der Waals surface area contributed by atoms with Crippen LogP contribution in [0.5, 0.6) is 0 Å². The van der Waals surface area contributed by atoms with Gasteiger partial charge in [0.25, 0.3) is 5.56 Å². The van der Waals surface area contributed by atoms with E-state index >= 15 is 0 Å². The van der Waals surface area contributed by atoms with Crippen molar-refractivity contribution in [3.05, 3.63) is 51.4 Å². The molecular formula is C15H19N3O. The highest BCUT2D eigenvalue weighted by molar-refractivity contribution is 5.80. The standard InChI is InChI=1S/C15H19N3O/c1-10(2)16-9-14-12(4)17-18(15(14)19)13-7-5-6-11(3)8-13/h5-10,17H,1-4H3. The number of rotatable bonds is 3. The summed E-state index contributed by atoms with van der Waals surface area (Å²) in [7, 11) is 0. The van der Waals surface area contributed by atoms with Gasteiger partial charge in [0.2, 0.25) is 0 Å². The monoisotopic (exact) mass is 257 g/mol. The molecule has 0 fully saturated rings. The summed E-state index contributed by atoms with van der Waals surface area (Å²) < 4.78 is 1.56. The van der Waals surface area contributed by atoms with Gasteiger partial charge in [0.05, 0.1) is 11.3 Å². The lowest BCUT2D eigenvalue weighted by molar-refractivity contribution is 0.833. The topological polar surface area (TPSA) is 50.1 Å². The smallest absolute Gasteiger partial charge is 0.280 e. The Hall–Kier alpha value is -2.10. The van der Waals surface area contributed by atoms with Crippen molar-refractivity contribution in [1.82, 2.24) is 9.78 Å². The number of aromatic amines is 1. The van der Waals surface area contributed by atoms with Crippen LogP contribution in [0, 0.1) is 13.8 Å². The van der Waals surface area contributed by atoms with E-state index in [-0.39, 0.29) is 11.6 Å². The third kappa shape index (κ3) is 2.84. The first kappa shape index (κ1) is 13.3. The van der Waals surface area contributed by atoms with Gasteiger partial charge in [-0.05, 0) is 45.4 Å². The summed E-state index contributed by atoms with van der Waals surface area (Å²) in [6.07, 6.45) is 1.66. The van der Waals surface area contributed by atoms with Crippen molar-refractivity contribution in [3.8, 4) is 5.69 Å². The van der Waals surface area contributed by atoms with E-state index in [1.54, 1.807) is 10.9 Å². The van der Waals surface area contributed by atoms with Gasteiger partial charge in [-0.3, -0.25) is 14.9 Å². The van der Waals surface area contributed by atoms with Crippen molar-refractivity contribution in [1.29, 1.82) is 0 Å². The van der Waals surface area contributed by atoms with Crippen molar-refractivity contribution in [2.24, 2.45) is 4.99 Å². The van der Waals surface area contributed by atoms with Crippen LogP contribution in [-0.4, -0.2) is 22.0 Å². The van der Waals surface area contributed by atoms with Gasteiger partial charge >= 0.3 is 0 Å². The lowest BCUT2D eigenvalue weighted by Gasteiger charge is -2.02. The zero-order valence-corrected chi connectivity index (χ0v) is 11.8. The Morgan fingerprint density at radius 1 is 1.32 bits per heavy atom. The first-order valence-corrected chi connectivity index (χ1v) is 6.41. The van der Waals surface area contributed by atoms with E-state index in [1.165, 1.54) is 0 Å². The van der Waals surface area contributed by atoms with Gasteiger partial charge in [0, 0.05) is 18.0 Å². The quantitative estimate of drug-likeness (QED) is 0.844. The first-order valence-electron chi connectivity index (χ1n) is 6.41. The van der Waals surface area contributed by atoms with Crippen LogP contribution in [0.15, 0.2) is 34.1 Å². The number of H-pyrrole nitrogens is 1. The van der Waals surface area contributed by atoms with Crippen LogP contribution in [0.4, 0.5) is 0 Å². The molecule has 0 bridgehead atoms. The normalized spacial score (nSPS) is 11.6. The van der Waals surface area contributed by atoms with E-state index in [0.717, 1.165) is 16.9 Å². The summed E-state index contributed by atoms with van der Waals surface area (Å²) in [6, 6.07) is 8.01. The Kier molecular flexibility index (Phi) is 3.69. The average molecular weight is 257 g/mol. The Morgan fingerprint density at radius 3 is 2.68 bits per heavy atom. The van der Waals surface area contributed by atoms with Crippen molar-refractivity contribution in [2.45, 2.75) is 33.7 Å². The number of benzene rings is 1. The van der Waals surface area contributed by atoms with E-state index < -0.39 is 0 Å². The molecule has 4 nitrogen and oxygen atoms in total. The second kappa shape index (κ2) is 5.26. The van der Waals surface area contributed by atoms with Gasteiger partial charge < -0.3 is 0 Å². The maximum Gasteiger partial charge on any atom is 0.280 e. The summed E-state index contributed by atoms with van der Waals surface area (Å²) in [5.74, 6) is 0. The van der Waals surface area contributed by atoms with E-state index in [0.29, 0.717) is 5.56 Å². The van der Waals surface area contributed by atoms with E-state index in [1.807, 2.05) is 52.0 Å². The number of hydrogen-bond donors (Lipinski definition) is 1. The third-order valence-electron chi connectivity index (χ3n) is 2.88. The molecule has 0 saturated heterocycles. The minimum atomic E-state index is -0.0625. The molecular weight excluding hydrogens is 238 g/mol. The van der Waals surface area contributed by atoms with Crippen LogP contribution >= 0.6 is 0 Å². The fourth-order valence-electron chi connectivity index (χ4n) is 1.88. The molecule has 2 aromatic rings. The summed E-state index contributed by atoms with van der Waals surface area (Å²) in [4.78, 5) is 16.6. The molecule has 1 aromatic carbocycles. The third-order valence-corrected chi connectivity index (χ3v) is 2.88. The fourth-order valence-corrected chi connectivity index (χ4v) is 1.88. The molecule has 1 heterocycles. The molecule has 0 spiro atoms. The van der Waals surface area contributed by atoms with Gasteiger partial charge in [-0.1, -0.05) is 12.1 Å². The molecule has 0 atom stereocenters. The first-order chi connectivity index (χ1) is 8.99. The lowest BCUT2D eigenvalue weighted by Crippen LogP contribution is -2.17. The lowest BCUT2D eigenvalue weighted by atomic mass is 10.2. The van der Waals surface area contributed by atoms with E-state index in [4.69, 9.17) is 0 Å². The van der Waals surface area contributed by atoms with Crippen LogP contribution in [0.25, 0.3) is 5.69 Å². The number of aromatic nitrogens is 2. The van der Waals surface area contributed by atoms with Gasteiger partial charge in [-0.25, -0.2) is 4.68 Å². The van der Waals surface area contributed by atoms with Crippen molar-refractivity contribution in [3.63, 3.8) is 0 Å². The van der Waals surface area contributed by atoms with Crippen LogP contribution < -0.4 is 5.56 Å². The molecule has 1 aromatic heterocycles. The molecule has 100 valence electrons. The molecule has 0 unspecified atom stereocenters. The molecule has 2 rings (SSSR count). The summed E-state index contributed by atoms with van der Waals surface area (Å²) in [6.45, 7) is 7.86. The Labute approximate surface area is 112 Å². The van der Waals surface area contributed by atoms with E-state index in [2.05, 4.69) is 10.1 Å². The van der Waals surface area contributed by atoms with Crippen LogP contribution in [0.2, 0.25) is 0 Å². The second-order valence-corrected chi connectivity index (χ2v) is 5.00. The molecule has 0 aliphatic carbocycles. The number of aliphatic imine (C=N–C) groups is 1. The molecule has 19 heavy (non-hydrogen) atoms. The van der Waals surface area contributed by atoms with Crippen LogP contribution in [0.1, 0.15) is 30.7 Å². The minimum absolute atomic E-state index is 0.0625. The highest BCUT2D eigenvalue weighted by Crippen LogP contribution is 2.08. The maximum atomic E-state index is 12.4. The molecule has 0 radical (unpaired) electrons. The largest absolute Gasteiger partial charge is 0.295 e. The predicted molar refractivity (Wildman–Crippen MR) is 78.6 cm³/mol. The SMILES string of the molecule is Cc1cccc(-n2[nH]c(C)c(C=NC(C)C)c2=O)c1.